The molecule has 154 valence electrons. The Hall–Kier alpha value is -3.55. The van der Waals surface area contributed by atoms with Crippen molar-refractivity contribution in [3.63, 3.8) is 0 Å². The zero-order valence-corrected chi connectivity index (χ0v) is 16.6. The van der Waals surface area contributed by atoms with Crippen LogP contribution in [0.15, 0.2) is 54.9 Å². The summed E-state index contributed by atoms with van der Waals surface area (Å²) >= 11 is 0. The number of likely N-dealkylation sites (tertiary alicyclic amines) is 1. The lowest BCUT2D eigenvalue weighted by atomic mass is 9.97. The van der Waals surface area contributed by atoms with Gasteiger partial charge in [-0.15, -0.1) is 0 Å². The first-order chi connectivity index (χ1) is 14.6. The number of anilines is 2. The molecule has 0 bridgehead atoms. The number of hydrogen-bond donors (Lipinski definition) is 1. The number of halogens is 1. The molecule has 2 aromatic heterocycles. The first-order valence-electron chi connectivity index (χ1n) is 9.77. The molecule has 0 aliphatic carbocycles. The Balaban J connectivity index is 1.69. The third kappa shape index (κ3) is 4.53. The second kappa shape index (κ2) is 8.86. The van der Waals surface area contributed by atoms with Gasteiger partial charge in [-0.3, -0.25) is 4.98 Å². The van der Waals surface area contributed by atoms with Crippen molar-refractivity contribution in [1.82, 2.24) is 19.9 Å². The number of aromatic nitrogens is 3. The lowest BCUT2D eigenvalue weighted by molar-refractivity contribution is 0.110. The number of nitrogens with zero attached hydrogens (tertiary/aromatic N) is 4. The van der Waals surface area contributed by atoms with Crippen LogP contribution in [0.5, 0.6) is 0 Å². The number of benzene rings is 1. The Kier molecular flexibility index (Phi) is 5.83. The quantitative estimate of drug-likeness (QED) is 0.692. The zero-order chi connectivity index (χ0) is 20.9. The molecule has 4 rings (SSSR count). The third-order valence-electron chi connectivity index (χ3n) is 5.02. The van der Waals surface area contributed by atoms with Gasteiger partial charge in [0.1, 0.15) is 17.5 Å². The van der Waals surface area contributed by atoms with E-state index in [0.717, 1.165) is 18.4 Å². The van der Waals surface area contributed by atoms with E-state index in [1.54, 1.807) is 29.4 Å². The number of methoxy groups -OCH3 is 1. The minimum Gasteiger partial charge on any atom is -0.453 e. The molecule has 1 saturated heterocycles. The highest BCUT2D eigenvalue weighted by molar-refractivity contribution is 5.68. The Morgan fingerprint density at radius 2 is 2.13 bits per heavy atom. The van der Waals surface area contributed by atoms with Gasteiger partial charge in [-0.2, -0.15) is 0 Å². The average Bonchev–Trinajstić information content (AvgIpc) is 2.79. The molecule has 1 aliphatic heterocycles. The van der Waals surface area contributed by atoms with E-state index in [2.05, 4.69) is 15.3 Å². The molecule has 3 aromatic rings. The lowest BCUT2D eigenvalue weighted by Crippen LogP contribution is -2.39. The van der Waals surface area contributed by atoms with Crippen LogP contribution in [0.1, 0.15) is 24.6 Å². The van der Waals surface area contributed by atoms with E-state index in [-0.39, 0.29) is 17.8 Å². The van der Waals surface area contributed by atoms with Crippen molar-refractivity contribution >= 4 is 17.6 Å². The molecular formula is C22H22FN5O2. The molecule has 1 unspecified atom stereocenters. The van der Waals surface area contributed by atoms with Crippen LogP contribution in [0.2, 0.25) is 0 Å². The highest BCUT2D eigenvalue weighted by Gasteiger charge is 2.27. The summed E-state index contributed by atoms with van der Waals surface area (Å²) in [6.45, 7) is 1.14. The molecule has 1 fully saturated rings. The fourth-order valence-corrected chi connectivity index (χ4v) is 3.57. The van der Waals surface area contributed by atoms with Crippen LogP contribution in [0.25, 0.3) is 11.3 Å². The molecule has 7 nitrogen and oxygen atoms in total. The molecule has 3 heterocycles. The predicted octanol–water partition coefficient (Wildman–Crippen LogP) is 4.37. The van der Waals surface area contributed by atoms with Gasteiger partial charge in [-0.25, -0.2) is 19.2 Å². The number of carbonyl (C=O) groups excluding carboxylic acids is 1. The van der Waals surface area contributed by atoms with Gasteiger partial charge in [-0.05, 0) is 43.2 Å². The second-order valence-electron chi connectivity index (χ2n) is 7.13. The van der Waals surface area contributed by atoms with E-state index < -0.39 is 0 Å². The van der Waals surface area contributed by atoms with Crippen LogP contribution in [0.3, 0.4) is 0 Å². The molecule has 1 N–H and O–H groups in total. The average molecular weight is 407 g/mol. The molecular weight excluding hydrogens is 385 g/mol. The fourth-order valence-electron chi connectivity index (χ4n) is 3.57. The molecule has 1 atom stereocenters. The Bertz CT molecular complexity index is 1030. The van der Waals surface area contributed by atoms with Crippen LogP contribution in [-0.4, -0.2) is 46.1 Å². The summed E-state index contributed by atoms with van der Waals surface area (Å²) in [7, 11) is 1.38. The van der Waals surface area contributed by atoms with Gasteiger partial charge in [0.05, 0.1) is 12.8 Å². The van der Waals surface area contributed by atoms with Gasteiger partial charge in [0.2, 0.25) is 0 Å². The summed E-state index contributed by atoms with van der Waals surface area (Å²) in [5.74, 6) is 0.828. The summed E-state index contributed by atoms with van der Waals surface area (Å²) in [5, 5.41) is 3.16. The smallest absolute Gasteiger partial charge is 0.409 e. The van der Waals surface area contributed by atoms with Crippen molar-refractivity contribution < 1.29 is 13.9 Å². The van der Waals surface area contributed by atoms with E-state index >= 15 is 0 Å². The van der Waals surface area contributed by atoms with Crippen molar-refractivity contribution in [1.29, 1.82) is 0 Å². The van der Waals surface area contributed by atoms with E-state index in [4.69, 9.17) is 9.72 Å². The number of pyridine rings is 1. The summed E-state index contributed by atoms with van der Waals surface area (Å²) in [6.07, 6.45) is 4.80. The van der Waals surface area contributed by atoms with Gasteiger partial charge in [0.15, 0.2) is 0 Å². The number of rotatable bonds is 4. The van der Waals surface area contributed by atoms with Crippen LogP contribution in [0, 0.1) is 5.82 Å². The largest absolute Gasteiger partial charge is 0.453 e. The SMILES string of the molecule is COC(=O)N1CCCC(c2nc(Nc3cccc(F)c3)cc(-c3cccnc3)n2)C1. The number of amides is 1. The zero-order valence-electron chi connectivity index (χ0n) is 16.6. The van der Waals surface area contributed by atoms with Crippen LogP contribution in [0.4, 0.5) is 20.7 Å². The van der Waals surface area contributed by atoms with E-state index in [0.29, 0.717) is 36.1 Å². The molecule has 1 aromatic carbocycles. The lowest BCUT2D eigenvalue weighted by Gasteiger charge is -2.31. The predicted molar refractivity (Wildman–Crippen MR) is 111 cm³/mol. The maximum Gasteiger partial charge on any atom is 0.409 e. The Morgan fingerprint density at radius 1 is 1.23 bits per heavy atom. The van der Waals surface area contributed by atoms with Crippen LogP contribution < -0.4 is 5.32 Å². The van der Waals surface area contributed by atoms with E-state index in [1.165, 1.54) is 19.2 Å². The summed E-state index contributed by atoms with van der Waals surface area (Å²) in [4.78, 5) is 27.3. The number of hydrogen-bond acceptors (Lipinski definition) is 6. The molecule has 0 spiro atoms. The maximum absolute atomic E-state index is 13.6. The van der Waals surface area contributed by atoms with Gasteiger partial charge < -0.3 is 15.0 Å². The van der Waals surface area contributed by atoms with Gasteiger partial charge >= 0.3 is 6.09 Å². The molecule has 0 radical (unpaired) electrons. The fraction of sp³-hybridized carbons (Fsp3) is 0.273. The standard InChI is InChI=1S/C22H22FN5O2/c1-30-22(29)28-10-4-6-16(14-28)21-26-19(15-5-3-9-24-13-15)12-20(27-21)25-18-8-2-7-17(23)11-18/h2-3,5,7-9,11-13,16H,4,6,10,14H2,1H3,(H,25,26,27). The topological polar surface area (TPSA) is 80.2 Å². The number of carbonyl (C=O) groups is 1. The van der Waals surface area contributed by atoms with Crippen molar-refractivity contribution in [2.24, 2.45) is 0 Å². The molecule has 0 saturated carbocycles. The van der Waals surface area contributed by atoms with E-state index in [1.807, 2.05) is 18.2 Å². The van der Waals surface area contributed by atoms with Crippen molar-refractivity contribution in [2.45, 2.75) is 18.8 Å². The molecule has 8 heteroatoms. The normalized spacial score (nSPS) is 16.2. The molecule has 1 amide bonds. The molecule has 30 heavy (non-hydrogen) atoms. The first-order valence-corrected chi connectivity index (χ1v) is 9.77. The van der Waals surface area contributed by atoms with E-state index in [9.17, 15) is 9.18 Å². The summed E-state index contributed by atoms with van der Waals surface area (Å²) in [5.41, 5.74) is 2.16. The summed E-state index contributed by atoms with van der Waals surface area (Å²) < 4.78 is 18.5. The number of ether oxygens (including phenoxy) is 1. The first kappa shape index (κ1) is 19.8. The van der Waals surface area contributed by atoms with Crippen molar-refractivity contribution in [3.8, 4) is 11.3 Å². The highest BCUT2D eigenvalue weighted by atomic mass is 19.1. The van der Waals surface area contributed by atoms with Gasteiger partial charge in [0, 0.05) is 48.7 Å². The monoisotopic (exact) mass is 407 g/mol. The van der Waals surface area contributed by atoms with Crippen LogP contribution >= 0.6 is 0 Å². The molecule has 1 aliphatic rings. The van der Waals surface area contributed by atoms with Crippen molar-refractivity contribution in [3.05, 3.63) is 66.5 Å². The third-order valence-corrected chi connectivity index (χ3v) is 5.02. The second-order valence-corrected chi connectivity index (χ2v) is 7.13. The van der Waals surface area contributed by atoms with Crippen molar-refractivity contribution in [2.75, 3.05) is 25.5 Å². The highest BCUT2D eigenvalue weighted by Crippen LogP contribution is 2.29. The summed E-state index contributed by atoms with van der Waals surface area (Å²) in [6, 6.07) is 11.8. The van der Waals surface area contributed by atoms with Gasteiger partial charge in [-0.1, -0.05) is 6.07 Å². The Morgan fingerprint density at radius 3 is 2.90 bits per heavy atom. The van der Waals surface area contributed by atoms with Gasteiger partial charge in [0.25, 0.3) is 0 Å². The number of nitrogens with one attached hydrogen (secondary N) is 1. The minimum absolute atomic E-state index is 0.0254. The Labute approximate surface area is 174 Å². The minimum atomic E-state index is -0.346. The maximum atomic E-state index is 13.6. The number of piperidine rings is 1. The van der Waals surface area contributed by atoms with Crippen LogP contribution in [-0.2, 0) is 4.74 Å².